The van der Waals surface area contributed by atoms with Crippen LogP contribution >= 0.6 is 11.8 Å². The average Bonchev–Trinajstić information content (AvgIpc) is 2.62. The Hall–Kier alpha value is -1.91. The van der Waals surface area contributed by atoms with Gasteiger partial charge in [-0.1, -0.05) is 17.7 Å². The number of aryl methyl sites for hydroxylation is 3. The fourth-order valence-electron chi connectivity index (χ4n) is 3.10. The van der Waals surface area contributed by atoms with Crippen molar-refractivity contribution in [2.45, 2.75) is 42.8 Å². The lowest BCUT2D eigenvalue weighted by Crippen LogP contribution is -2.47. The molecule has 0 amide bonds. The first-order chi connectivity index (χ1) is 13.9. The van der Waals surface area contributed by atoms with Gasteiger partial charge in [0.1, 0.15) is 17.5 Å². The zero-order valence-electron chi connectivity index (χ0n) is 17.3. The Morgan fingerprint density at radius 3 is 2.13 bits per heavy atom. The number of hydrogen-bond acceptors (Lipinski definition) is 5. The van der Waals surface area contributed by atoms with Crippen molar-refractivity contribution in [1.82, 2.24) is 4.72 Å². The molecule has 0 aromatic heterocycles. The van der Waals surface area contributed by atoms with Crippen molar-refractivity contribution >= 4 is 21.8 Å². The van der Waals surface area contributed by atoms with E-state index in [1.165, 1.54) is 14.2 Å². The van der Waals surface area contributed by atoms with Gasteiger partial charge in [0.05, 0.1) is 24.0 Å². The summed E-state index contributed by atoms with van der Waals surface area (Å²) in [5.74, 6) is 0.249. The molecule has 0 fully saturated rings. The second-order valence-corrected chi connectivity index (χ2v) is 9.48. The second-order valence-electron chi connectivity index (χ2n) is 6.77. The molecular weight excluding hydrogens is 439 g/mol. The molecule has 0 saturated heterocycles. The van der Waals surface area contributed by atoms with Gasteiger partial charge in [-0.15, -0.1) is 11.8 Å². The van der Waals surface area contributed by atoms with Gasteiger partial charge in [0.15, 0.2) is 0 Å². The van der Waals surface area contributed by atoms with Crippen molar-refractivity contribution in [3.8, 4) is 11.5 Å². The predicted octanol–water partition coefficient (Wildman–Crippen LogP) is 4.63. The number of ether oxygens (including phenoxy) is 2. The number of nitrogens with one attached hydrogen (secondary N) is 1. The maximum absolute atomic E-state index is 13.7. The number of rotatable bonds is 8. The summed E-state index contributed by atoms with van der Waals surface area (Å²) in [4.78, 5) is 0.277. The third kappa shape index (κ3) is 5.83. The lowest BCUT2D eigenvalue weighted by molar-refractivity contribution is -0.145. The molecule has 0 spiro atoms. The number of thioether (sulfide) groups is 1. The van der Waals surface area contributed by atoms with Gasteiger partial charge in [-0.05, 0) is 50.1 Å². The molecule has 10 heteroatoms. The first-order valence-corrected chi connectivity index (χ1v) is 11.4. The van der Waals surface area contributed by atoms with Crippen LogP contribution in [-0.2, 0) is 10.0 Å². The van der Waals surface area contributed by atoms with Crippen molar-refractivity contribution in [2.75, 3.05) is 20.0 Å². The van der Waals surface area contributed by atoms with E-state index < -0.39 is 28.0 Å². The molecule has 0 aliphatic heterocycles. The highest BCUT2D eigenvalue weighted by molar-refractivity contribution is 7.99. The minimum Gasteiger partial charge on any atom is -0.497 e. The second kappa shape index (κ2) is 9.49. The molecule has 1 atom stereocenters. The van der Waals surface area contributed by atoms with Gasteiger partial charge in [-0.3, -0.25) is 0 Å². The first kappa shape index (κ1) is 24.4. The minimum atomic E-state index is -4.78. The Kier molecular flexibility index (Phi) is 7.70. The molecular formula is C20H24F3NO4S2. The summed E-state index contributed by atoms with van der Waals surface area (Å²) in [7, 11) is -1.55. The smallest absolute Gasteiger partial charge is 0.405 e. The van der Waals surface area contributed by atoms with E-state index >= 15 is 0 Å². The maximum atomic E-state index is 13.7. The fraction of sp³-hybridized carbons (Fsp3) is 0.400. The van der Waals surface area contributed by atoms with E-state index in [0.717, 1.165) is 17.3 Å². The summed E-state index contributed by atoms with van der Waals surface area (Å²) in [6.07, 6.45) is -4.78. The monoisotopic (exact) mass is 463 g/mol. The van der Waals surface area contributed by atoms with Gasteiger partial charge in [-0.2, -0.15) is 17.9 Å². The van der Waals surface area contributed by atoms with E-state index in [2.05, 4.69) is 0 Å². The summed E-state index contributed by atoms with van der Waals surface area (Å²) in [5, 5.41) is 0. The largest absolute Gasteiger partial charge is 0.497 e. The van der Waals surface area contributed by atoms with Crippen LogP contribution in [0.1, 0.15) is 16.7 Å². The van der Waals surface area contributed by atoms with Crippen LogP contribution in [0.25, 0.3) is 0 Å². The van der Waals surface area contributed by atoms with Crippen LogP contribution < -0.4 is 14.2 Å². The summed E-state index contributed by atoms with van der Waals surface area (Å²) < 4.78 is 78.7. The van der Waals surface area contributed by atoms with Crippen molar-refractivity contribution in [3.63, 3.8) is 0 Å². The Balaban J connectivity index is 2.32. The number of methoxy groups -OCH3 is 2. The van der Waals surface area contributed by atoms with Crippen LogP contribution in [0.4, 0.5) is 13.2 Å². The zero-order chi connectivity index (χ0) is 22.7. The highest BCUT2D eigenvalue weighted by atomic mass is 32.2. The van der Waals surface area contributed by atoms with Crippen molar-refractivity contribution in [3.05, 3.63) is 47.0 Å². The Morgan fingerprint density at radius 1 is 1.03 bits per heavy atom. The molecule has 2 aromatic carbocycles. The van der Waals surface area contributed by atoms with Gasteiger partial charge in [-0.25, -0.2) is 8.42 Å². The predicted molar refractivity (Wildman–Crippen MR) is 111 cm³/mol. The van der Waals surface area contributed by atoms with Gasteiger partial charge in [0.2, 0.25) is 10.0 Å². The van der Waals surface area contributed by atoms with E-state index in [1.54, 1.807) is 51.1 Å². The number of hydrogen-bond donors (Lipinski definition) is 1. The van der Waals surface area contributed by atoms with Crippen molar-refractivity contribution in [1.29, 1.82) is 0 Å². The first-order valence-electron chi connectivity index (χ1n) is 8.90. The SMILES string of the molecule is COc1ccc(OC)c(SCC(NS(=O)(=O)c2c(C)cc(C)cc2C)C(F)(F)F)c1. The van der Waals surface area contributed by atoms with Gasteiger partial charge >= 0.3 is 6.18 Å². The van der Waals surface area contributed by atoms with Crippen LogP contribution in [0.3, 0.4) is 0 Å². The van der Waals surface area contributed by atoms with Crippen molar-refractivity contribution in [2.24, 2.45) is 0 Å². The molecule has 166 valence electrons. The number of benzene rings is 2. The Bertz CT molecular complexity index is 985. The lowest BCUT2D eigenvalue weighted by Gasteiger charge is -2.23. The summed E-state index contributed by atoms with van der Waals surface area (Å²) in [5.41, 5.74) is 1.61. The van der Waals surface area contributed by atoms with Crippen LogP contribution in [-0.4, -0.2) is 40.6 Å². The van der Waals surface area contributed by atoms with Gasteiger partial charge in [0.25, 0.3) is 0 Å². The van der Waals surface area contributed by atoms with Crippen LogP contribution in [0, 0.1) is 20.8 Å². The highest BCUT2D eigenvalue weighted by Gasteiger charge is 2.43. The van der Waals surface area contributed by atoms with E-state index in [4.69, 9.17) is 9.47 Å². The molecule has 0 saturated carbocycles. The van der Waals surface area contributed by atoms with E-state index in [0.29, 0.717) is 27.5 Å². The number of sulfonamides is 1. The lowest BCUT2D eigenvalue weighted by atomic mass is 10.1. The van der Waals surface area contributed by atoms with E-state index in [1.807, 2.05) is 4.72 Å². The molecule has 0 bridgehead atoms. The van der Waals surface area contributed by atoms with Crippen LogP contribution in [0.5, 0.6) is 11.5 Å². The Labute approximate surface area is 179 Å². The average molecular weight is 464 g/mol. The molecule has 1 unspecified atom stereocenters. The van der Waals surface area contributed by atoms with Crippen LogP contribution in [0.15, 0.2) is 40.1 Å². The third-order valence-electron chi connectivity index (χ3n) is 4.34. The maximum Gasteiger partial charge on any atom is 0.405 e. The van der Waals surface area contributed by atoms with Gasteiger partial charge in [0, 0.05) is 5.75 Å². The molecule has 1 N–H and O–H groups in total. The minimum absolute atomic E-state index is 0.133. The fourth-order valence-corrected chi connectivity index (χ4v) is 5.99. The van der Waals surface area contributed by atoms with E-state index in [-0.39, 0.29) is 4.90 Å². The number of alkyl halides is 3. The highest BCUT2D eigenvalue weighted by Crippen LogP contribution is 2.35. The number of halogens is 3. The molecule has 2 rings (SSSR count). The quantitative estimate of drug-likeness (QED) is 0.579. The molecule has 30 heavy (non-hydrogen) atoms. The molecule has 5 nitrogen and oxygen atoms in total. The molecule has 0 aliphatic rings. The standard InChI is InChI=1S/C20H24F3NO4S2/c1-12-8-13(2)19(14(3)9-12)30(25,26)24-18(20(21,22)23)11-29-17-10-15(27-4)6-7-16(17)28-5/h6-10,18,24H,11H2,1-5H3. The molecule has 2 aromatic rings. The topological polar surface area (TPSA) is 64.6 Å². The van der Waals surface area contributed by atoms with Crippen LogP contribution in [0.2, 0.25) is 0 Å². The molecule has 0 aliphatic carbocycles. The normalized spacial score (nSPS) is 13.2. The summed E-state index contributed by atoms with van der Waals surface area (Å²) in [6, 6.07) is 5.70. The van der Waals surface area contributed by atoms with Gasteiger partial charge < -0.3 is 9.47 Å². The molecule has 0 heterocycles. The Morgan fingerprint density at radius 2 is 1.63 bits per heavy atom. The molecule has 0 radical (unpaired) electrons. The summed E-state index contributed by atoms with van der Waals surface area (Å²) in [6.45, 7) is 4.92. The van der Waals surface area contributed by atoms with Crippen molar-refractivity contribution < 1.29 is 31.1 Å². The summed E-state index contributed by atoms with van der Waals surface area (Å²) >= 11 is 0.831. The zero-order valence-corrected chi connectivity index (χ0v) is 18.9. The van der Waals surface area contributed by atoms with E-state index in [9.17, 15) is 21.6 Å². The third-order valence-corrected chi connectivity index (χ3v) is 7.25.